The third-order valence-electron chi connectivity index (χ3n) is 2.10. The lowest BCUT2D eigenvalue weighted by Crippen LogP contribution is -2.44. The van der Waals surface area contributed by atoms with Crippen molar-refractivity contribution < 1.29 is 4.79 Å². The van der Waals surface area contributed by atoms with Crippen LogP contribution in [0, 0.1) is 0 Å². The average Bonchev–Trinajstić information content (AvgIpc) is 2.50. The van der Waals surface area contributed by atoms with E-state index in [1.165, 1.54) is 11.1 Å². The first kappa shape index (κ1) is 10.6. The first-order valence-electron chi connectivity index (χ1n) is 4.38. The van der Waals surface area contributed by atoms with Gasteiger partial charge in [0.25, 0.3) is 0 Å². The number of carbonyl (C=O) groups is 1. The molecule has 2 N–H and O–H groups in total. The van der Waals surface area contributed by atoms with Gasteiger partial charge in [-0.3, -0.25) is 9.48 Å². The molecule has 0 aliphatic heterocycles. The lowest BCUT2D eigenvalue weighted by molar-refractivity contribution is -0.137. The molecule has 0 radical (unpaired) electrons. The van der Waals surface area contributed by atoms with E-state index in [2.05, 4.69) is 5.10 Å². The Hall–Kier alpha value is -1.52. The lowest BCUT2D eigenvalue weighted by Gasteiger charge is -2.27. The monoisotopic (exact) mass is 196 g/mol. The summed E-state index contributed by atoms with van der Waals surface area (Å²) in [6.45, 7) is 3.61. The van der Waals surface area contributed by atoms with E-state index in [-0.39, 0.29) is 5.91 Å². The molecule has 1 heterocycles. The predicted octanol–water partition coefficient (Wildman–Crippen LogP) is 0.289. The third kappa shape index (κ3) is 1.71. The predicted molar refractivity (Wildman–Crippen MR) is 54.7 cm³/mol. The molecule has 14 heavy (non-hydrogen) atoms. The van der Waals surface area contributed by atoms with Crippen LogP contribution in [0.25, 0.3) is 0 Å². The smallest absolute Gasteiger partial charge is 0.249 e. The number of amides is 1. The van der Waals surface area contributed by atoms with E-state index in [4.69, 9.17) is 5.73 Å². The van der Waals surface area contributed by atoms with E-state index < -0.39 is 5.54 Å². The third-order valence-corrected chi connectivity index (χ3v) is 2.10. The molecule has 5 nitrogen and oxygen atoms in total. The Kier molecular flexibility index (Phi) is 2.51. The van der Waals surface area contributed by atoms with Gasteiger partial charge in [-0.2, -0.15) is 5.10 Å². The molecule has 0 aliphatic rings. The Morgan fingerprint density at radius 1 is 1.57 bits per heavy atom. The summed E-state index contributed by atoms with van der Waals surface area (Å²) >= 11 is 0. The summed E-state index contributed by atoms with van der Waals surface area (Å²) in [5.74, 6) is -0.0133. The highest BCUT2D eigenvalue weighted by Gasteiger charge is 2.31. The number of aromatic nitrogens is 2. The van der Waals surface area contributed by atoms with Gasteiger partial charge in [-0.25, -0.2) is 0 Å². The minimum absolute atomic E-state index is 0.0133. The molecular weight excluding hydrogens is 180 g/mol. The minimum Gasteiger partial charge on any atom is -0.396 e. The Labute approximate surface area is 83.5 Å². The van der Waals surface area contributed by atoms with Crippen LogP contribution >= 0.6 is 0 Å². The maximum atomic E-state index is 11.8. The van der Waals surface area contributed by atoms with Crippen LogP contribution < -0.4 is 5.73 Å². The SMILES string of the molecule is CN(C)C(=O)C(C)(C)n1cc(N)cn1. The van der Waals surface area contributed by atoms with Gasteiger partial charge in [-0.15, -0.1) is 0 Å². The van der Waals surface area contributed by atoms with E-state index in [0.29, 0.717) is 5.69 Å². The number of rotatable bonds is 2. The van der Waals surface area contributed by atoms with Crippen molar-refractivity contribution in [3.63, 3.8) is 0 Å². The summed E-state index contributed by atoms with van der Waals surface area (Å²) in [5, 5.41) is 4.04. The second-order valence-corrected chi connectivity index (χ2v) is 3.98. The van der Waals surface area contributed by atoms with Crippen molar-refractivity contribution in [2.45, 2.75) is 19.4 Å². The number of anilines is 1. The molecule has 0 saturated carbocycles. The van der Waals surface area contributed by atoms with E-state index in [1.54, 1.807) is 25.0 Å². The van der Waals surface area contributed by atoms with Crippen molar-refractivity contribution in [2.24, 2.45) is 0 Å². The molecule has 1 aromatic heterocycles. The van der Waals surface area contributed by atoms with Gasteiger partial charge < -0.3 is 10.6 Å². The summed E-state index contributed by atoms with van der Waals surface area (Å²) in [7, 11) is 3.44. The van der Waals surface area contributed by atoms with Crippen molar-refractivity contribution in [3.05, 3.63) is 12.4 Å². The summed E-state index contributed by atoms with van der Waals surface area (Å²) in [4.78, 5) is 13.3. The fourth-order valence-corrected chi connectivity index (χ4v) is 1.29. The number of hydrogen-bond donors (Lipinski definition) is 1. The molecule has 0 bridgehead atoms. The second-order valence-electron chi connectivity index (χ2n) is 3.98. The van der Waals surface area contributed by atoms with Gasteiger partial charge in [-0.1, -0.05) is 0 Å². The average molecular weight is 196 g/mol. The highest BCUT2D eigenvalue weighted by Crippen LogP contribution is 2.17. The topological polar surface area (TPSA) is 64.2 Å². The largest absolute Gasteiger partial charge is 0.396 e. The molecule has 0 fully saturated rings. The highest BCUT2D eigenvalue weighted by molar-refractivity contribution is 5.83. The van der Waals surface area contributed by atoms with Crippen LogP contribution in [0.3, 0.4) is 0 Å². The quantitative estimate of drug-likeness (QED) is 0.739. The maximum Gasteiger partial charge on any atom is 0.249 e. The molecule has 0 spiro atoms. The maximum absolute atomic E-state index is 11.8. The van der Waals surface area contributed by atoms with Crippen LogP contribution in [0.1, 0.15) is 13.8 Å². The second kappa shape index (κ2) is 3.32. The molecule has 0 atom stereocenters. The van der Waals surface area contributed by atoms with Crippen LogP contribution in [0.15, 0.2) is 12.4 Å². The Morgan fingerprint density at radius 2 is 2.14 bits per heavy atom. The van der Waals surface area contributed by atoms with Gasteiger partial charge in [0.15, 0.2) is 0 Å². The van der Waals surface area contributed by atoms with Crippen LogP contribution in [-0.4, -0.2) is 34.7 Å². The van der Waals surface area contributed by atoms with E-state index >= 15 is 0 Å². The Bertz CT molecular complexity index is 340. The van der Waals surface area contributed by atoms with Gasteiger partial charge in [0, 0.05) is 20.3 Å². The van der Waals surface area contributed by atoms with Gasteiger partial charge in [-0.05, 0) is 13.8 Å². The molecule has 5 heteroatoms. The van der Waals surface area contributed by atoms with Crippen LogP contribution in [0.4, 0.5) is 5.69 Å². The minimum atomic E-state index is -0.693. The standard InChI is InChI=1S/C9H16N4O/c1-9(2,8(14)12(3)4)13-6-7(10)5-11-13/h5-6H,10H2,1-4H3. The number of nitrogens with zero attached hydrogens (tertiary/aromatic N) is 3. The fraction of sp³-hybridized carbons (Fsp3) is 0.556. The van der Waals surface area contributed by atoms with Crippen molar-refractivity contribution in [1.29, 1.82) is 0 Å². The van der Waals surface area contributed by atoms with Crippen molar-refractivity contribution in [1.82, 2.24) is 14.7 Å². The summed E-state index contributed by atoms with van der Waals surface area (Å²) in [6.07, 6.45) is 3.19. The van der Waals surface area contributed by atoms with E-state index in [9.17, 15) is 4.79 Å². The zero-order chi connectivity index (χ0) is 10.9. The summed E-state index contributed by atoms with van der Waals surface area (Å²) < 4.78 is 1.57. The summed E-state index contributed by atoms with van der Waals surface area (Å²) in [5.41, 5.74) is 5.41. The number of nitrogens with two attached hydrogens (primary N) is 1. The first-order chi connectivity index (χ1) is 6.35. The molecule has 1 amide bonds. The molecule has 0 saturated heterocycles. The molecule has 1 rings (SSSR count). The molecule has 0 aliphatic carbocycles. The Balaban J connectivity index is 3.01. The zero-order valence-electron chi connectivity index (χ0n) is 8.98. The molecular formula is C9H16N4O. The number of nitrogen functional groups attached to an aromatic ring is 1. The number of likely N-dealkylation sites (N-methyl/N-ethyl adjacent to an activating group) is 1. The lowest BCUT2D eigenvalue weighted by atomic mass is 10.0. The van der Waals surface area contributed by atoms with Gasteiger partial charge >= 0.3 is 0 Å². The van der Waals surface area contributed by atoms with Crippen molar-refractivity contribution in [3.8, 4) is 0 Å². The van der Waals surface area contributed by atoms with Crippen LogP contribution in [-0.2, 0) is 10.3 Å². The molecule has 0 aromatic carbocycles. The van der Waals surface area contributed by atoms with Gasteiger partial charge in [0.1, 0.15) is 5.54 Å². The summed E-state index contributed by atoms with van der Waals surface area (Å²) in [6, 6.07) is 0. The number of hydrogen-bond acceptors (Lipinski definition) is 3. The molecule has 0 unspecified atom stereocenters. The van der Waals surface area contributed by atoms with Crippen molar-refractivity contribution in [2.75, 3.05) is 19.8 Å². The van der Waals surface area contributed by atoms with Crippen LogP contribution in [0.5, 0.6) is 0 Å². The molecule has 1 aromatic rings. The number of carbonyl (C=O) groups excluding carboxylic acids is 1. The van der Waals surface area contributed by atoms with E-state index in [0.717, 1.165) is 0 Å². The van der Waals surface area contributed by atoms with Crippen molar-refractivity contribution >= 4 is 11.6 Å². The Morgan fingerprint density at radius 3 is 2.50 bits per heavy atom. The fourth-order valence-electron chi connectivity index (χ4n) is 1.29. The van der Waals surface area contributed by atoms with Gasteiger partial charge in [0.05, 0.1) is 11.9 Å². The van der Waals surface area contributed by atoms with E-state index in [1.807, 2.05) is 13.8 Å². The highest BCUT2D eigenvalue weighted by atomic mass is 16.2. The zero-order valence-corrected chi connectivity index (χ0v) is 8.98. The first-order valence-corrected chi connectivity index (χ1v) is 4.38. The van der Waals surface area contributed by atoms with Gasteiger partial charge in [0.2, 0.25) is 5.91 Å². The normalized spacial score (nSPS) is 11.4. The van der Waals surface area contributed by atoms with Crippen LogP contribution in [0.2, 0.25) is 0 Å². The molecule has 78 valence electrons.